The van der Waals surface area contributed by atoms with Gasteiger partial charge in [0.15, 0.2) is 0 Å². The number of aromatic nitrogens is 2. The predicted octanol–water partition coefficient (Wildman–Crippen LogP) is 2.79. The van der Waals surface area contributed by atoms with E-state index >= 15 is 0 Å². The van der Waals surface area contributed by atoms with Crippen LogP contribution >= 0.6 is 0 Å². The van der Waals surface area contributed by atoms with Crippen molar-refractivity contribution >= 4 is 16.7 Å². The molecular formula is C12H15N3. The Morgan fingerprint density at radius 2 is 1.87 bits per heavy atom. The monoisotopic (exact) mass is 201 g/mol. The van der Waals surface area contributed by atoms with E-state index in [4.69, 9.17) is 0 Å². The lowest BCUT2D eigenvalue weighted by Crippen LogP contribution is -2.02. The summed E-state index contributed by atoms with van der Waals surface area (Å²) in [6, 6.07) is 8.05. The number of hydrogen-bond acceptors (Lipinski definition) is 3. The molecule has 1 aromatic heterocycles. The Morgan fingerprint density at radius 3 is 2.53 bits per heavy atom. The van der Waals surface area contributed by atoms with Gasteiger partial charge in [0.05, 0.1) is 5.52 Å². The molecule has 15 heavy (non-hydrogen) atoms. The van der Waals surface area contributed by atoms with Crippen molar-refractivity contribution in [2.24, 2.45) is 0 Å². The van der Waals surface area contributed by atoms with Gasteiger partial charge in [0.25, 0.3) is 0 Å². The van der Waals surface area contributed by atoms with Crippen molar-refractivity contribution in [3.63, 3.8) is 0 Å². The van der Waals surface area contributed by atoms with Crippen LogP contribution in [0.4, 0.5) is 5.82 Å². The largest absolute Gasteiger partial charge is 0.373 e. The number of benzene rings is 1. The lowest BCUT2D eigenvalue weighted by Gasteiger charge is -2.09. The lowest BCUT2D eigenvalue weighted by molar-refractivity contribution is 0.784. The topological polar surface area (TPSA) is 37.8 Å². The predicted molar refractivity (Wildman–Crippen MR) is 63.2 cm³/mol. The van der Waals surface area contributed by atoms with Crippen LogP contribution in [0.15, 0.2) is 24.3 Å². The van der Waals surface area contributed by atoms with Crippen LogP contribution in [-0.4, -0.2) is 17.0 Å². The van der Waals surface area contributed by atoms with Gasteiger partial charge in [-0.25, -0.2) is 9.97 Å². The number of rotatable bonds is 2. The minimum absolute atomic E-state index is 0.349. The van der Waals surface area contributed by atoms with Crippen molar-refractivity contribution < 1.29 is 0 Å². The molecule has 1 heterocycles. The summed E-state index contributed by atoms with van der Waals surface area (Å²) in [5, 5.41) is 4.19. The highest BCUT2D eigenvalue weighted by Crippen LogP contribution is 2.22. The van der Waals surface area contributed by atoms with Crippen LogP contribution in [0.5, 0.6) is 0 Å². The van der Waals surface area contributed by atoms with Crippen molar-refractivity contribution in [3.8, 4) is 0 Å². The second kappa shape index (κ2) is 3.85. The van der Waals surface area contributed by atoms with Gasteiger partial charge < -0.3 is 5.32 Å². The van der Waals surface area contributed by atoms with Crippen molar-refractivity contribution in [1.29, 1.82) is 0 Å². The first-order chi connectivity index (χ1) is 7.22. The van der Waals surface area contributed by atoms with E-state index in [0.717, 1.165) is 22.5 Å². The van der Waals surface area contributed by atoms with Crippen LogP contribution < -0.4 is 5.32 Å². The minimum atomic E-state index is 0.349. The Bertz CT molecular complexity index is 477. The van der Waals surface area contributed by atoms with Crippen molar-refractivity contribution in [1.82, 2.24) is 9.97 Å². The molecule has 0 bridgehead atoms. The van der Waals surface area contributed by atoms with Gasteiger partial charge in [-0.3, -0.25) is 0 Å². The molecule has 2 aromatic rings. The van der Waals surface area contributed by atoms with E-state index in [0.29, 0.717) is 5.92 Å². The molecule has 0 atom stereocenters. The summed E-state index contributed by atoms with van der Waals surface area (Å²) in [6.07, 6.45) is 0. The number of hydrogen-bond donors (Lipinski definition) is 1. The lowest BCUT2D eigenvalue weighted by atomic mass is 10.2. The number of anilines is 1. The van der Waals surface area contributed by atoms with Gasteiger partial charge in [0.2, 0.25) is 0 Å². The highest BCUT2D eigenvalue weighted by Gasteiger charge is 2.08. The van der Waals surface area contributed by atoms with Gasteiger partial charge in [-0.15, -0.1) is 0 Å². The fourth-order valence-electron chi connectivity index (χ4n) is 1.54. The van der Waals surface area contributed by atoms with Gasteiger partial charge in [0.1, 0.15) is 11.6 Å². The molecule has 3 nitrogen and oxygen atoms in total. The van der Waals surface area contributed by atoms with Crippen LogP contribution in [-0.2, 0) is 0 Å². The standard InChI is InChI=1S/C12H15N3/c1-8(2)11-14-10-7-5-4-6-9(10)12(13-3)15-11/h4-8H,1-3H3,(H,13,14,15). The van der Waals surface area contributed by atoms with E-state index in [9.17, 15) is 0 Å². The molecule has 0 fully saturated rings. The average Bonchev–Trinajstić information content (AvgIpc) is 2.27. The Morgan fingerprint density at radius 1 is 1.13 bits per heavy atom. The Kier molecular flexibility index (Phi) is 2.54. The van der Waals surface area contributed by atoms with E-state index in [1.54, 1.807) is 0 Å². The summed E-state index contributed by atoms with van der Waals surface area (Å²) in [6.45, 7) is 4.20. The molecular weight excluding hydrogens is 186 g/mol. The van der Waals surface area contributed by atoms with Crippen molar-refractivity contribution in [2.45, 2.75) is 19.8 Å². The normalized spacial score (nSPS) is 10.9. The van der Waals surface area contributed by atoms with E-state index in [1.807, 2.05) is 31.3 Å². The SMILES string of the molecule is CNc1nc(C(C)C)nc2ccccc12. The van der Waals surface area contributed by atoms with Gasteiger partial charge in [-0.1, -0.05) is 26.0 Å². The second-order valence-electron chi connectivity index (χ2n) is 3.85. The maximum atomic E-state index is 4.53. The number of nitrogens with zero attached hydrogens (tertiary/aromatic N) is 2. The molecule has 2 rings (SSSR count). The first-order valence-corrected chi connectivity index (χ1v) is 5.17. The summed E-state index contributed by atoms with van der Waals surface area (Å²) in [5.41, 5.74) is 1.00. The molecule has 0 aliphatic carbocycles. The molecule has 0 saturated carbocycles. The van der Waals surface area contributed by atoms with E-state index in [-0.39, 0.29) is 0 Å². The molecule has 0 unspecified atom stereocenters. The van der Waals surface area contributed by atoms with Gasteiger partial charge in [0, 0.05) is 18.4 Å². The van der Waals surface area contributed by atoms with Gasteiger partial charge in [-0.2, -0.15) is 0 Å². The van der Waals surface area contributed by atoms with E-state index in [1.165, 1.54) is 0 Å². The van der Waals surface area contributed by atoms with Crippen LogP contribution in [0.3, 0.4) is 0 Å². The maximum absolute atomic E-state index is 4.53. The van der Waals surface area contributed by atoms with Crippen LogP contribution in [0.25, 0.3) is 10.9 Å². The molecule has 0 radical (unpaired) electrons. The molecule has 78 valence electrons. The molecule has 0 amide bonds. The van der Waals surface area contributed by atoms with Crippen LogP contribution in [0, 0.1) is 0 Å². The maximum Gasteiger partial charge on any atom is 0.137 e. The number of fused-ring (bicyclic) bond motifs is 1. The van der Waals surface area contributed by atoms with Crippen molar-refractivity contribution in [3.05, 3.63) is 30.1 Å². The molecule has 3 heteroatoms. The van der Waals surface area contributed by atoms with Crippen LogP contribution in [0.2, 0.25) is 0 Å². The quantitative estimate of drug-likeness (QED) is 0.811. The molecule has 0 aliphatic heterocycles. The molecule has 0 aliphatic rings. The zero-order valence-electron chi connectivity index (χ0n) is 9.28. The summed E-state index contributed by atoms with van der Waals surface area (Å²) in [4.78, 5) is 9.03. The Labute approximate surface area is 89.6 Å². The third-order valence-corrected chi connectivity index (χ3v) is 2.37. The highest BCUT2D eigenvalue weighted by atomic mass is 15.0. The van der Waals surface area contributed by atoms with E-state index < -0.39 is 0 Å². The van der Waals surface area contributed by atoms with Crippen molar-refractivity contribution in [2.75, 3.05) is 12.4 Å². The summed E-state index contributed by atoms with van der Waals surface area (Å²) in [5.74, 6) is 2.14. The molecule has 1 N–H and O–H groups in total. The zero-order valence-corrected chi connectivity index (χ0v) is 9.28. The van der Waals surface area contributed by atoms with Gasteiger partial charge >= 0.3 is 0 Å². The number of para-hydroxylation sites is 1. The average molecular weight is 201 g/mol. The highest BCUT2D eigenvalue weighted by molar-refractivity contribution is 5.88. The summed E-state index contributed by atoms with van der Waals surface area (Å²) >= 11 is 0. The third kappa shape index (κ3) is 1.77. The Balaban J connectivity index is 2.71. The molecule has 0 spiro atoms. The molecule has 1 aromatic carbocycles. The summed E-state index contributed by atoms with van der Waals surface area (Å²) < 4.78 is 0. The fourth-order valence-corrected chi connectivity index (χ4v) is 1.54. The molecule has 0 saturated heterocycles. The minimum Gasteiger partial charge on any atom is -0.373 e. The Hall–Kier alpha value is -1.64. The first-order valence-electron chi connectivity index (χ1n) is 5.17. The van der Waals surface area contributed by atoms with Gasteiger partial charge in [-0.05, 0) is 12.1 Å². The smallest absolute Gasteiger partial charge is 0.137 e. The fraction of sp³-hybridized carbons (Fsp3) is 0.333. The zero-order chi connectivity index (χ0) is 10.8. The van der Waals surface area contributed by atoms with Crippen LogP contribution in [0.1, 0.15) is 25.6 Å². The second-order valence-corrected chi connectivity index (χ2v) is 3.85. The first kappa shape index (κ1) is 9.90. The summed E-state index contributed by atoms with van der Waals surface area (Å²) in [7, 11) is 1.89. The third-order valence-electron chi connectivity index (χ3n) is 2.37. The number of nitrogens with one attached hydrogen (secondary N) is 1. The van der Waals surface area contributed by atoms with E-state index in [2.05, 4.69) is 29.1 Å².